The van der Waals surface area contributed by atoms with Gasteiger partial charge in [-0.3, -0.25) is 9.79 Å². The van der Waals surface area contributed by atoms with Crippen molar-refractivity contribution in [3.05, 3.63) is 0 Å². The van der Waals surface area contributed by atoms with Gasteiger partial charge >= 0.3 is 5.97 Å². The number of guanidine groups is 1. The van der Waals surface area contributed by atoms with Gasteiger partial charge in [0.15, 0.2) is 5.96 Å². The normalized spacial score (nSPS) is 25.8. The van der Waals surface area contributed by atoms with E-state index in [1.807, 2.05) is 14.0 Å². The Labute approximate surface area is 164 Å². The van der Waals surface area contributed by atoms with E-state index < -0.39 is 0 Å². The third kappa shape index (κ3) is 6.08. The van der Waals surface area contributed by atoms with Gasteiger partial charge in [-0.25, -0.2) is 0 Å². The molecule has 2 rings (SSSR count). The van der Waals surface area contributed by atoms with E-state index in [0.717, 1.165) is 50.3 Å². The summed E-state index contributed by atoms with van der Waals surface area (Å²) < 4.78 is 5.14. The minimum absolute atomic E-state index is 0. The van der Waals surface area contributed by atoms with E-state index in [1.165, 1.54) is 25.7 Å². The monoisotopic (exact) mass is 451 g/mol. The third-order valence-electron chi connectivity index (χ3n) is 5.44. The van der Waals surface area contributed by atoms with Crippen molar-refractivity contribution in [1.82, 2.24) is 10.2 Å². The number of piperidine rings is 1. The van der Waals surface area contributed by atoms with Crippen LogP contribution in [0.15, 0.2) is 4.99 Å². The minimum Gasteiger partial charge on any atom is -0.466 e. The van der Waals surface area contributed by atoms with E-state index in [9.17, 15) is 4.79 Å². The zero-order valence-corrected chi connectivity index (χ0v) is 17.8. The fourth-order valence-electron chi connectivity index (χ4n) is 3.84. The van der Waals surface area contributed by atoms with Crippen molar-refractivity contribution in [3.8, 4) is 0 Å². The average molecular weight is 451 g/mol. The number of halogens is 1. The largest absolute Gasteiger partial charge is 0.466 e. The maximum atomic E-state index is 11.8. The van der Waals surface area contributed by atoms with E-state index in [4.69, 9.17) is 4.74 Å². The fourth-order valence-corrected chi connectivity index (χ4v) is 3.84. The Kier molecular flexibility index (Phi) is 10.0. The molecule has 1 aliphatic carbocycles. The van der Waals surface area contributed by atoms with Gasteiger partial charge in [-0.1, -0.05) is 26.2 Å². The number of carbonyl (C=O) groups is 1. The molecule has 0 aromatic carbocycles. The van der Waals surface area contributed by atoms with Crippen LogP contribution in [0.3, 0.4) is 0 Å². The molecule has 6 heteroatoms. The van der Waals surface area contributed by atoms with Gasteiger partial charge in [0.1, 0.15) is 0 Å². The van der Waals surface area contributed by atoms with Crippen molar-refractivity contribution in [1.29, 1.82) is 0 Å². The lowest BCUT2D eigenvalue weighted by Crippen LogP contribution is -2.48. The van der Waals surface area contributed by atoms with Crippen LogP contribution in [-0.4, -0.2) is 50.1 Å². The van der Waals surface area contributed by atoms with Crippen molar-refractivity contribution >= 4 is 35.9 Å². The molecule has 1 N–H and O–H groups in total. The summed E-state index contributed by atoms with van der Waals surface area (Å²) in [5.41, 5.74) is 0. The lowest BCUT2D eigenvalue weighted by Gasteiger charge is -2.35. The Balaban J connectivity index is 0.00000288. The Hall–Kier alpha value is -0.530. The molecule has 140 valence electrons. The molecule has 24 heavy (non-hydrogen) atoms. The van der Waals surface area contributed by atoms with Crippen molar-refractivity contribution in [3.63, 3.8) is 0 Å². The van der Waals surface area contributed by atoms with Crippen LogP contribution >= 0.6 is 24.0 Å². The Morgan fingerprint density at radius 3 is 2.46 bits per heavy atom. The quantitative estimate of drug-likeness (QED) is 0.309. The molecule has 0 radical (unpaired) electrons. The summed E-state index contributed by atoms with van der Waals surface area (Å²) >= 11 is 0. The zero-order chi connectivity index (χ0) is 16.7. The maximum absolute atomic E-state index is 11.8. The van der Waals surface area contributed by atoms with Gasteiger partial charge in [-0.05, 0) is 38.0 Å². The summed E-state index contributed by atoms with van der Waals surface area (Å²) in [5.74, 6) is 2.58. The fraction of sp³-hybridized carbons (Fsp3) is 0.889. The molecule has 0 bridgehead atoms. The first-order valence-electron chi connectivity index (χ1n) is 9.28. The molecule has 0 aromatic heterocycles. The zero-order valence-electron chi connectivity index (χ0n) is 15.4. The van der Waals surface area contributed by atoms with Crippen LogP contribution in [0.4, 0.5) is 0 Å². The van der Waals surface area contributed by atoms with Crippen molar-refractivity contribution < 1.29 is 9.53 Å². The summed E-state index contributed by atoms with van der Waals surface area (Å²) in [6, 6.07) is 0. The molecule has 2 aliphatic rings. The second-order valence-electron chi connectivity index (χ2n) is 6.96. The Morgan fingerprint density at radius 2 is 1.88 bits per heavy atom. The predicted octanol–water partition coefficient (Wildman–Crippen LogP) is 3.28. The molecule has 1 saturated carbocycles. The van der Waals surface area contributed by atoms with Gasteiger partial charge in [0.25, 0.3) is 0 Å². The number of ether oxygens (including phenoxy) is 1. The number of rotatable bonds is 4. The molecule has 0 aromatic rings. The maximum Gasteiger partial charge on any atom is 0.309 e. The number of hydrogen-bond acceptors (Lipinski definition) is 3. The van der Waals surface area contributed by atoms with Crippen molar-refractivity contribution in [2.24, 2.45) is 22.7 Å². The van der Waals surface area contributed by atoms with Crippen LogP contribution < -0.4 is 5.32 Å². The van der Waals surface area contributed by atoms with Crippen LogP contribution in [0, 0.1) is 17.8 Å². The highest BCUT2D eigenvalue weighted by molar-refractivity contribution is 14.0. The van der Waals surface area contributed by atoms with E-state index in [-0.39, 0.29) is 35.9 Å². The molecule has 1 aliphatic heterocycles. The van der Waals surface area contributed by atoms with Crippen LogP contribution in [0.2, 0.25) is 0 Å². The summed E-state index contributed by atoms with van der Waals surface area (Å²) in [7, 11) is 1.85. The number of nitrogens with zero attached hydrogens (tertiary/aromatic N) is 2. The second-order valence-corrected chi connectivity index (χ2v) is 6.96. The van der Waals surface area contributed by atoms with E-state index in [0.29, 0.717) is 6.61 Å². The number of nitrogens with one attached hydrogen (secondary N) is 1. The van der Waals surface area contributed by atoms with Gasteiger partial charge in [-0.15, -0.1) is 24.0 Å². The van der Waals surface area contributed by atoms with Gasteiger partial charge < -0.3 is 15.0 Å². The molecule has 1 saturated heterocycles. The topological polar surface area (TPSA) is 53.9 Å². The highest BCUT2D eigenvalue weighted by atomic mass is 127. The molecule has 0 spiro atoms. The second kappa shape index (κ2) is 11.2. The highest BCUT2D eigenvalue weighted by Crippen LogP contribution is 2.29. The first-order valence-corrected chi connectivity index (χ1v) is 9.28. The summed E-state index contributed by atoms with van der Waals surface area (Å²) in [6.45, 7) is 7.49. The van der Waals surface area contributed by atoms with Crippen LogP contribution in [0.1, 0.15) is 52.4 Å². The van der Waals surface area contributed by atoms with Gasteiger partial charge in [0, 0.05) is 26.7 Å². The number of esters is 1. The molecule has 5 nitrogen and oxygen atoms in total. The summed E-state index contributed by atoms with van der Waals surface area (Å²) in [4.78, 5) is 18.5. The summed E-state index contributed by atoms with van der Waals surface area (Å²) in [6.07, 6.45) is 7.15. The Bertz CT molecular complexity index is 409. The first kappa shape index (κ1) is 21.5. The Morgan fingerprint density at radius 1 is 1.21 bits per heavy atom. The van der Waals surface area contributed by atoms with E-state index in [2.05, 4.69) is 22.1 Å². The molecule has 0 amide bonds. The standard InChI is InChI=1S/C18H33N3O2.HI/c1-4-23-17(22)15-9-11-21(12-10-15)18(19-3)20-13-16-8-6-5-7-14(16)2;/h14-16H,4-13H2,1-3H3,(H,19,20);1H. The predicted molar refractivity (Wildman–Crippen MR) is 109 cm³/mol. The number of hydrogen-bond donors (Lipinski definition) is 1. The molecule has 2 atom stereocenters. The lowest BCUT2D eigenvalue weighted by molar-refractivity contribution is -0.149. The SMILES string of the molecule is CCOC(=O)C1CCN(C(=NC)NCC2CCCCC2C)CC1.I. The molecule has 2 fully saturated rings. The third-order valence-corrected chi connectivity index (χ3v) is 5.44. The van der Waals surface area contributed by atoms with Crippen LogP contribution in [-0.2, 0) is 9.53 Å². The van der Waals surface area contributed by atoms with E-state index in [1.54, 1.807) is 0 Å². The molecular formula is C18H34IN3O2. The highest BCUT2D eigenvalue weighted by Gasteiger charge is 2.28. The summed E-state index contributed by atoms with van der Waals surface area (Å²) in [5, 5.41) is 3.57. The molecular weight excluding hydrogens is 417 g/mol. The minimum atomic E-state index is -0.0360. The molecule has 2 unspecified atom stereocenters. The first-order chi connectivity index (χ1) is 11.2. The van der Waals surface area contributed by atoms with Crippen molar-refractivity contribution in [2.75, 3.05) is 33.3 Å². The number of aliphatic imine (C=N–C) groups is 1. The van der Waals surface area contributed by atoms with Gasteiger partial charge in [0.05, 0.1) is 12.5 Å². The smallest absolute Gasteiger partial charge is 0.309 e. The van der Waals surface area contributed by atoms with Crippen LogP contribution in [0.25, 0.3) is 0 Å². The van der Waals surface area contributed by atoms with Gasteiger partial charge in [0.2, 0.25) is 0 Å². The van der Waals surface area contributed by atoms with Gasteiger partial charge in [-0.2, -0.15) is 0 Å². The molecule has 1 heterocycles. The van der Waals surface area contributed by atoms with Crippen molar-refractivity contribution in [2.45, 2.75) is 52.4 Å². The number of likely N-dealkylation sites (tertiary alicyclic amines) is 1. The number of carbonyl (C=O) groups excluding carboxylic acids is 1. The van der Waals surface area contributed by atoms with Crippen LogP contribution in [0.5, 0.6) is 0 Å². The lowest BCUT2D eigenvalue weighted by atomic mass is 9.80. The average Bonchev–Trinajstić information content (AvgIpc) is 2.57. The van der Waals surface area contributed by atoms with E-state index >= 15 is 0 Å².